The van der Waals surface area contributed by atoms with Crippen molar-refractivity contribution >= 4 is 34.6 Å². The zero-order valence-electron chi connectivity index (χ0n) is 9.27. The zero-order chi connectivity index (χ0) is 12.1. The largest absolute Gasteiger partial charge is 0.392 e. The van der Waals surface area contributed by atoms with Crippen LogP contribution in [0, 0.1) is 0 Å². The molecule has 1 aromatic carbocycles. The number of para-hydroxylation sites is 1. The second-order valence-corrected chi connectivity index (χ2v) is 4.43. The highest BCUT2D eigenvalue weighted by molar-refractivity contribution is 7.80. The van der Waals surface area contributed by atoms with E-state index in [1.54, 1.807) is 17.9 Å². The van der Waals surface area contributed by atoms with Gasteiger partial charge in [-0.2, -0.15) is 0 Å². The van der Waals surface area contributed by atoms with Crippen molar-refractivity contribution in [1.82, 2.24) is 4.90 Å². The van der Waals surface area contributed by atoms with Gasteiger partial charge in [-0.15, -0.1) is 0 Å². The van der Waals surface area contributed by atoms with Crippen LogP contribution in [0.15, 0.2) is 24.3 Å². The minimum absolute atomic E-state index is 0.420. The lowest BCUT2D eigenvalue weighted by atomic mass is 10.3. The third-order valence-electron chi connectivity index (χ3n) is 2.00. The highest BCUT2D eigenvalue weighted by Gasteiger charge is 2.08. The Balaban J connectivity index is 2.61. The first-order chi connectivity index (χ1) is 7.50. The van der Waals surface area contributed by atoms with E-state index >= 15 is 0 Å². The van der Waals surface area contributed by atoms with Gasteiger partial charge in [0.05, 0.1) is 16.8 Å². The molecule has 2 N–H and O–H groups in total. The van der Waals surface area contributed by atoms with Crippen molar-refractivity contribution in [2.24, 2.45) is 0 Å². The van der Waals surface area contributed by atoms with Crippen molar-refractivity contribution in [3.8, 4) is 0 Å². The predicted octanol–water partition coefficient (Wildman–Crippen LogP) is 2.35. The maximum Gasteiger partial charge on any atom is 0.173 e. The summed E-state index contributed by atoms with van der Waals surface area (Å²) in [5.41, 5.74) is 0.770. The number of benzene rings is 1. The van der Waals surface area contributed by atoms with Crippen molar-refractivity contribution < 1.29 is 5.11 Å². The Kier molecular flexibility index (Phi) is 4.99. The molecule has 0 aromatic heterocycles. The van der Waals surface area contributed by atoms with Crippen molar-refractivity contribution in [2.75, 3.05) is 18.9 Å². The van der Waals surface area contributed by atoms with E-state index < -0.39 is 6.10 Å². The molecule has 88 valence electrons. The summed E-state index contributed by atoms with van der Waals surface area (Å²) in [7, 11) is 1.82. The van der Waals surface area contributed by atoms with Crippen LogP contribution in [0.4, 0.5) is 5.69 Å². The number of halogens is 1. The fourth-order valence-electron chi connectivity index (χ4n) is 1.25. The molecule has 0 fully saturated rings. The molecular formula is C11H15ClN2OS. The number of anilines is 1. The van der Waals surface area contributed by atoms with Gasteiger partial charge in [0.15, 0.2) is 5.11 Å². The number of likely N-dealkylation sites (N-methyl/N-ethyl adjacent to an activating group) is 1. The third-order valence-corrected chi connectivity index (χ3v) is 2.74. The maximum absolute atomic E-state index is 9.24. The van der Waals surface area contributed by atoms with Gasteiger partial charge in [0, 0.05) is 13.6 Å². The number of hydrogen-bond acceptors (Lipinski definition) is 2. The summed E-state index contributed by atoms with van der Waals surface area (Å²) in [4.78, 5) is 1.77. The minimum atomic E-state index is -0.420. The van der Waals surface area contributed by atoms with Gasteiger partial charge in [-0.25, -0.2) is 0 Å². The number of nitrogens with zero attached hydrogens (tertiary/aromatic N) is 1. The lowest BCUT2D eigenvalue weighted by Crippen LogP contribution is -2.36. The second-order valence-electron chi connectivity index (χ2n) is 3.64. The van der Waals surface area contributed by atoms with Gasteiger partial charge in [-0.1, -0.05) is 23.7 Å². The Morgan fingerprint density at radius 2 is 2.19 bits per heavy atom. The Hall–Kier alpha value is -0.840. The van der Waals surface area contributed by atoms with Crippen molar-refractivity contribution in [2.45, 2.75) is 13.0 Å². The molecule has 3 nitrogen and oxygen atoms in total. The first-order valence-electron chi connectivity index (χ1n) is 4.95. The second kappa shape index (κ2) is 6.03. The van der Waals surface area contributed by atoms with E-state index in [9.17, 15) is 5.11 Å². The van der Waals surface area contributed by atoms with E-state index in [1.165, 1.54) is 0 Å². The number of hydrogen-bond donors (Lipinski definition) is 2. The fraction of sp³-hybridized carbons (Fsp3) is 0.364. The summed E-state index contributed by atoms with van der Waals surface area (Å²) in [5.74, 6) is 0. The monoisotopic (exact) mass is 258 g/mol. The number of aliphatic hydroxyl groups excluding tert-OH is 1. The Labute approximate surface area is 106 Å². The molecule has 1 aromatic rings. The smallest absolute Gasteiger partial charge is 0.173 e. The molecule has 0 heterocycles. The van der Waals surface area contributed by atoms with Crippen LogP contribution < -0.4 is 5.32 Å². The minimum Gasteiger partial charge on any atom is -0.392 e. The average molecular weight is 259 g/mol. The molecule has 1 atom stereocenters. The number of nitrogens with one attached hydrogen (secondary N) is 1. The van der Waals surface area contributed by atoms with Crippen LogP contribution in [0.1, 0.15) is 6.92 Å². The molecule has 5 heteroatoms. The summed E-state index contributed by atoms with van der Waals surface area (Å²) >= 11 is 11.2. The summed E-state index contributed by atoms with van der Waals surface area (Å²) in [6.07, 6.45) is -0.420. The Morgan fingerprint density at radius 1 is 1.56 bits per heavy atom. The van der Waals surface area contributed by atoms with Crippen LogP contribution in [-0.4, -0.2) is 34.8 Å². The van der Waals surface area contributed by atoms with Gasteiger partial charge >= 0.3 is 0 Å². The van der Waals surface area contributed by atoms with Gasteiger partial charge < -0.3 is 15.3 Å². The lowest BCUT2D eigenvalue weighted by Gasteiger charge is -2.22. The van der Waals surface area contributed by atoms with E-state index in [0.29, 0.717) is 16.7 Å². The molecule has 0 amide bonds. The van der Waals surface area contributed by atoms with Crippen LogP contribution in [0.5, 0.6) is 0 Å². The van der Waals surface area contributed by atoms with Gasteiger partial charge in [-0.3, -0.25) is 0 Å². The number of aliphatic hydroxyl groups is 1. The molecule has 0 radical (unpaired) electrons. The van der Waals surface area contributed by atoms with Gasteiger partial charge in [0.25, 0.3) is 0 Å². The highest BCUT2D eigenvalue weighted by Crippen LogP contribution is 2.20. The summed E-state index contributed by atoms with van der Waals surface area (Å²) in [5, 5.41) is 13.4. The molecule has 0 aliphatic heterocycles. The predicted molar refractivity (Wildman–Crippen MR) is 72.0 cm³/mol. The number of thiocarbonyl (C=S) groups is 1. The molecule has 0 saturated heterocycles. The molecule has 0 aliphatic rings. The molecular weight excluding hydrogens is 244 g/mol. The zero-order valence-corrected chi connectivity index (χ0v) is 10.8. The molecule has 0 bridgehead atoms. The lowest BCUT2D eigenvalue weighted by molar-refractivity contribution is 0.169. The van der Waals surface area contributed by atoms with E-state index in [2.05, 4.69) is 5.32 Å². The molecule has 0 unspecified atom stereocenters. The van der Waals surface area contributed by atoms with Gasteiger partial charge in [0.2, 0.25) is 0 Å². The summed E-state index contributed by atoms with van der Waals surface area (Å²) < 4.78 is 0. The van der Waals surface area contributed by atoms with Crippen molar-refractivity contribution in [3.63, 3.8) is 0 Å². The number of rotatable bonds is 3. The van der Waals surface area contributed by atoms with Crippen LogP contribution >= 0.6 is 23.8 Å². The first kappa shape index (κ1) is 13.2. The maximum atomic E-state index is 9.24. The highest BCUT2D eigenvalue weighted by atomic mass is 35.5. The van der Waals surface area contributed by atoms with Gasteiger partial charge in [0.1, 0.15) is 0 Å². The van der Waals surface area contributed by atoms with Crippen LogP contribution in [0.25, 0.3) is 0 Å². The quantitative estimate of drug-likeness (QED) is 0.816. The van der Waals surface area contributed by atoms with Crippen molar-refractivity contribution in [1.29, 1.82) is 0 Å². The normalized spacial score (nSPS) is 12.0. The molecule has 0 saturated carbocycles. The average Bonchev–Trinajstić information content (AvgIpc) is 2.20. The van der Waals surface area contributed by atoms with Crippen molar-refractivity contribution in [3.05, 3.63) is 29.3 Å². The van der Waals surface area contributed by atoms with Gasteiger partial charge in [-0.05, 0) is 31.3 Å². The molecule has 0 aliphatic carbocycles. The van der Waals surface area contributed by atoms with E-state index in [-0.39, 0.29) is 0 Å². The summed E-state index contributed by atoms with van der Waals surface area (Å²) in [6, 6.07) is 7.38. The Morgan fingerprint density at radius 3 is 2.75 bits per heavy atom. The Bertz CT molecular complexity index is 371. The molecule has 0 spiro atoms. The van der Waals surface area contributed by atoms with Crippen LogP contribution in [-0.2, 0) is 0 Å². The van der Waals surface area contributed by atoms with Crippen LogP contribution in [0.2, 0.25) is 5.02 Å². The topological polar surface area (TPSA) is 35.5 Å². The SMILES string of the molecule is C[C@@H](O)CN(C)C(=S)Nc1ccccc1Cl. The first-order valence-corrected chi connectivity index (χ1v) is 5.74. The summed E-state index contributed by atoms with van der Waals surface area (Å²) in [6.45, 7) is 2.20. The molecule has 16 heavy (non-hydrogen) atoms. The van der Waals surface area contributed by atoms with E-state index in [4.69, 9.17) is 23.8 Å². The fourth-order valence-corrected chi connectivity index (χ4v) is 1.62. The third kappa shape index (κ3) is 3.96. The molecule has 1 rings (SSSR count). The van der Waals surface area contributed by atoms with E-state index in [0.717, 1.165) is 5.69 Å². The van der Waals surface area contributed by atoms with E-state index in [1.807, 2.05) is 25.2 Å². The van der Waals surface area contributed by atoms with Crippen LogP contribution in [0.3, 0.4) is 0 Å². The standard InChI is InChI=1S/C11H15ClN2OS/c1-8(15)7-14(2)11(16)13-10-6-4-3-5-9(10)12/h3-6,8,15H,7H2,1-2H3,(H,13,16)/t8-/m1/s1.